The first-order valence-corrected chi connectivity index (χ1v) is 8.14. The van der Waals surface area contributed by atoms with Crippen molar-refractivity contribution in [2.45, 2.75) is 57.6 Å². The van der Waals surface area contributed by atoms with Crippen molar-refractivity contribution in [3.8, 4) is 0 Å². The molecule has 1 amide bonds. The number of amides is 1. The minimum Gasteiger partial charge on any atom is -0.372 e. The number of fused-ring (bicyclic) bond motifs is 2. The van der Waals surface area contributed by atoms with Crippen molar-refractivity contribution in [2.75, 3.05) is 19.7 Å². The lowest BCUT2D eigenvalue weighted by Crippen LogP contribution is -2.54. The van der Waals surface area contributed by atoms with E-state index in [1.165, 1.54) is 19.3 Å². The molecule has 0 aromatic rings. The fraction of sp³-hybridized carbons (Fsp3) is 0.938. The van der Waals surface area contributed by atoms with Gasteiger partial charge >= 0.3 is 0 Å². The maximum atomic E-state index is 12.8. The maximum absolute atomic E-state index is 12.8. The number of nitrogens with two attached hydrogens (primary N) is 1. The molecule has 2 bridgehead atoms. The van der Waals surface area contributed by atoms with Gasteiger partial charge in [0.25, 0.3) is 0 Å². The average Bonchev–Trinajstić information content (AvgIpc) is 2.36. The van der Waals surface area contributed by atoms with Crippen molar-refractivity contribution in [1.82, 2.24) is 4.90 Å². The lowest BCUT2D eigenvalue weighted by atomic mass is 9.65. The lowest BCUT2D eigenvalue weighted by Gasteiger charge is -2.46. The van der Waals surface area contributed by atoms with E-state index >= 15 is 0 Å². The SMILES string of the molecule is CC1(C)CN(C(=O)C2CC3CCCC(C2)C3N)CCO1.Cl. The number of nitrogens with zero attached hydrogens (tertiary/aromatic N) is 1. The summed E-state index contributed by atoms with van der Waals surface area (Å²) >= 11 is 0. The van der Waals surface area contributed by atoms with E-state index in [4.69, 9.17) is 10.5 Å². The van der Waals surface area contributed by atoms with Gasteiger partial charge in [-0.2, -0.15) is 0 Å². The lowest BCUT2D eigenvalue weighted by molar-refractivity contribution is -0.152. The first kappa shape index (κ1) is 17.0. The monoisotopic (exact) mass is 316 g/mol. The van der Waals surface area contributed by atoms with Crippen LogP contribution in [-0.2, 0) is 9.53 Å². The molecule has 2 atom stereocenters. The third kappa shape index (κ3) is 3.54. The van der Waals surface area contributed by atoms with E-state index in [1.54, 1.807) is 0 Å². The van der Waals surface area contributed by atoms with Gasteiger partial charge < -0.3 is 15.4 Å². The molecule has 2 unspecified atom stereocenters. The zero-order chi connectivity index (χ0) is 14.3. The van der Waals surface area contributed by atoms with E-state index in [9.17, 15) is 4.79 Å². The molecule has 3 aliphatic rings. The van der Waals surface area contributed by atoms with E-state index in [-0.39, 0.29) is 23.9 Å². The topological polar surface area (TPSA) is 55.6 Å². The van der Waals surface area contributed by atoms with Crippen LogP contribution in [0.25, 0.3) is 0 Å². The predicted octanol–water partition coefficient (Wildman–Crippen LogP) is 2.20. The molecule has 0 aromatic heterocycles. The summed E-state index contributed by atoms with van der Waals surface area (Å²) in [5.41, 5.74) is 6.12. The van der Waals surface area contributed by atoms with Crippen LogP contribution in [0.15, 0.2) is 0 Å². The standard InChI is InChI=1S/C16H28N2O2.ClH/c1-16(2)10-18(6-7-20-16)15(19)13-8-11-4-3-5-12(9-13)14(11)17;/h11-14H,3-10,17H2,1-2H3;1H. The van der Waals surface area contributed by atoms with Crippen molar-refractivity contribution >= 4 is 18.3 Å². The minimum absolute atomic E-state index is 0. The van der Waals surface area contributed by atoms with Gasteiger partial charge in [0.15, 0.2) is 0 Å². The third-order valence-electron chi connectivity index (χ3n) is 5.50. The molecule has 4 nitrogen and oxygen atoms in total. The maximum Gasteiger partial charge on any atom is 0.225 e. The first-order chi connectivity index (χ1) is 9.46. The second kappa shape index (κ2) is 6.43. The molecule has 21 heavy (non-hydrogen) atoms. The van der Waals surface area contributed by atoms with E-state index < -0.39 is 0 Å². The Labute approximate surface area is 134 Å². The largest absolute Gasteiger partial charge is 0.372 e. The number of morpholine rings is 1. The van der Waals surface area contributed by atoms with Crippen molar-refractivity contribution in [1.29, 1.82) is 0 Å². The second-order valence-electron chi connectivity index (χ2n) is 7.56. The summed E-state index contributed by atoms with van der Waals surface area (Å²) in [7, 11) is 0. The van der Waals surface area contributed by atoms with Crippen LogP contribution in [0.1, 0.15) is 46.0 Å². The quantitative estimate of drug-likeness (QED) is 0.807. The van der Waals surface area contributed by atoms with Crippen LogP contribution in [0, 0.1) is 17.8 Å². The molecular weight excluding hydrogens is 288 g/mol. The molecule has 1 saturated heterocycles. The number of rotatable bonds is 1. The Balaban J connectivity index is 0.00000161. The van der Waals surface area contributed by atoms with Crippen LogP contribution in [0.3, 0.4) is 0 Å². The highest BCUT2D eigenvalue weighted by Crippen LogP contribution is 2.42. The van der Waals surface area contributed by atoms with E-state index in [2.05, 4.69) is 13.8 Å². The number of halogens is 1. The fourth-order valence-corrected chi connectivity index (χ4v) is 4.45. The van der Waals surface area contributed by atoms with Crippen molar-refractivity contribution in [3.05, 3.63) is 0 Å². The summed E-state index contributed by atoms with van der Waals surface area (Å²) in [6.07, 6.45) is 5.75. The molecule has 2 N–H and O–H groups in total. The van der Waals surface area contributed by atoms with E-state index in [0.717, 1.165) is 25.9 Å². The van der Waals surface area contributed by atoms with Gasteiger partial charge in [-0.3, -0.25) is 4.79 Å². The van der Waals surface area contributed by atoms with Gasteiger partial charge in [-0.05, 0) is 51.4 Å². The average molecular weight is 317 g/mol. The summed E-state index contributed by atoms with van der Waals surface area (Å²) in [5.74, 6) is 1.71. The van der Waals surface area contributed by atoms with Crippen LogP contribution < -0.4 is 5.73 Å². The molecular formula is C16H29ClN2O2. The third-order valence-corrected chi connectivity index (χ3v) is 5.50. The second-order valence-corrected chi connectivity index (χ2v) is 7.56. The van der Waals surface area contributed by atoms with Crippen LogP contribution in [-0.4, -0.2) is 42.1 Å². The molecule has 1 aliphatic heterocycles. The molecule has 0 radical (unpaired) electrons. The van der Waals surface area contributed by atoms with Gasteiger partial charge in [0.1, 0.15) is 0 Å². The molecule has 122 valence electrons. The van der Waals surface area contributed by atoms with Gasteiger partial charge in [-0.15, -0.1) is 12.4 Å². The van der Waals surface area contributed by atoms with Crippen molar-refractivity contribution < 1.29 is 9.53 Å². The zero-order valence-electron chi connectivity index (χ0n) is 13.2. The fourth-order valence-electron chi connectivity index (χ4n) is 4.45. The van der Waals surface area contributed by atoms with E-state index in [0.29, 0.717) is 30.4 Å². The Morgan fingerprint density at radius 1 is 1.24 bits per heavy atom. The van der Waals surface area contributed by atoms with Gasteiger partial charge in [0, 0.05) is 25.0 Å². The molecule has 2 saturated carbocycles. The Bertz CT molecular complexity index is 374. The predicted molar refractivity (Wildman–Crippen MR) is 85.4 cm³/mol. The van der Waals surface area contributed by atoms with Crippen LogP contribution in [0.5, 0.6) is 0 Å². The van der Waals surface area contributed by atoms with E-state index in [1.807, 2.05) is 4.90 Å². The Hall–Kier alpha value is -0.320. The molecule has 5 heteroatoms. The number of ether oxygens (including phenoxy) is 1. The highest BCUT2D eigenvalue weighted by Gasteiger charge is 2.42. The Morgan fingerprint density at radius 2 is 1.86 bits per heavy atom. The molecule has 3 fully saturated rings. The highest BCUT2D eigenvalue weighted by molar-refractivity contribution is 5.85. The Kier molecular flexibility index (Phi) is 5.22. The van der Waals surface area contributed by atoms with Gasteiger partial charge in [-0.25, -0.2) is 0 Å². The summed E-state index contributed by atoms with van der Waals surface area (Å²) in [4.78, 5) is 14.8. The van der Waals surface area contributed by atoms with Crippen LogP contribution in [0.2, 0.25) is 0 Å². The van der Waals surface area contributed by atoms with Crippen LogP contribution in [0.4, 0.5) is 0 Å². The minimum atomic E-state index is -0.200. The van der Waals surface area contributed by atoms with Gasteiger partial charge in [-0.1, -0.05) is 6.42 Å². The summed E-state index contributed by atoms with van der Waals surface area (Å²) < 4.78 is 5.71. The molecule has 0 spiro atoms. The van der Waals surface area contributed by atoms with Gasteiger partial charge in [0.2, 0.25) is 5.91 Å². The highest BCUT2D eigenvalue weighted by atomic mass is 35.5. The summed E-state index contributed by atoms with van der Waals surface area (Å²) in [5, 5.41) is 0. The summed E-state index contributed by atoms with van der Waals surface area (Å²) in [6.45, 7) is 6.28. The van der Waals surface area contributed by atoms with Gasteiger partial charge in [0.05, 0.1) is 12.2 Å². The number of carbonyl (C=O) groups is 1. The smallest absolute Gasteiger partial charge is 0.225 e. The normalized spacial score (nSPS) is 38.5. The van der Waals surface area contributed by atoms with Crippen LogP contribution >= 0.6 is 12.4 Å². The molecule has 1 heterocycles. The first-order valence-electron chi connectivity index (χ1n) is 8.14. The number of hydrogen-bond donors (Lipinski definition) is 1. The molecule has 0 aromatic carbocycles. The number of carbonyl (C=O) groups excluding carboxylic acids is 1. The van der Waals surface area contributed by atoms with Crippen molar-refractivity contribution in [3.63, 3.8) is 0 Å². The number of hydrogen-bond acceptors (Lipinski definition) is 3. The van der Waals surface area contributed by atoms with Crippen molar-refractivity contribution in [2.24, 2.45) is 23.5 Å². The zero-order valence-corrected chi connectivity index (χ0v) is 14.0. The summed E-state index contributed by atoms with van der Waals surface area (Å²) in [6, 6.07) is 0.342. The molecule has 3 rings (SSSR count). The Morgan fingerprint density at radius 3 is 2.43 bits per heavy atom. The molecule has 2 aliphatic carbocycles.